The first kappa shape index (κ1) is 19.2. The molecule has 0 aliphatic heterocycles. The van der Waals surface area contributed by atoms with Gasteiger partial charge in [-0.3, -0.25) is 4.79 Å². The number of rotatable bonds is 6. The number of anilines is 1. The second-order valence-electron chi connectivity index (χ2n) is 6.51. The van der Waals surface area contributed by atoms with Crippen molar-refractivity contribution in [2.24, 2.45) is 0 Å². The van der Waals surface area contributed by atoms with Crippen molar-refractivity contribution in [3.63, 3.8) is 0 Å². The molecule has 3 rings (SSSR count). The fraction of sp³-hybridized carbons (Fsp3) is 0.350. The van der Waals surface area contributed by atoms with Gasteiger partial charge in [-0.05, 0) is 57.9 Å². The number of carbonyl (C=O) groups excluding carboxylic acids is 1. The first-order chi connectivity index (χ1) is 12.9. The molecular weight excluding hydrogens is 360 g/mol. The number of amides is 1. The van der Waals surface area contributed by atoms with Crippen LogP contribution in [-0.2, 0) is 11.3 Å². The zero-order valence-corrected chi connectivity index (χ0v) is 17.1. The third kappa shape index (κ3) is 4.08. The Kier molecular flexibility index (Phi) is 5.70. The highest BCUT2D eigenvalue weighted by Gasteiger charge is 2.22. The molecule has 1 atom stereocenters. The summed E-state index contributed by atoms with van der Waals surface area (Å²) in [7, 11) is 0. The summed E-state index contributed by atoms with van der Waals surface area (Å²) in [6.45, 7) is 10.5. The lowest BCUT2D eigenvalue weighted by atomic mass is 10.1. The van der Waals surface area contributed by atoms with Gasteiger partial charge in [0.15, 0.2) is 11.0 Å². The molecule has 0 saturated carbocycles. The summed E-state index contributed by atoms with van der Waals surface area (Å²) in [5, 5.41) is 12.0. The monoisotopic (exact) mass is 384 g/mol. The Hall–Kier alpha value is -2.54. The molecule has 3 aromatic rings. The molecule has 2 heterocycles. The molecule has 1 amide bonds. The Morgan fingerprint density at radius 1 is 1.26 bits per heavy atom. The average molecular weight is 385 g/mol. The van der Waals surface area contributed by atoms with Crippen LogP contribution in [0, 0.1) is 20.8 Å². The van der Waals surface area contributed by atoms with E-state index in [2.05, 4.69) is 15.5 Å². The quantitative estimate of drug-likeness (QED) is 0.629. The number of hydrogen-bond acceptors (Lipinski definition) is 5. The van der Waals surface area contributed by atoms with Gasteiger partial charge >= 0.3 is 0 Å². The van der Waals surface area contributed by atoms with E-state index in [1.54, 1.807) is 6.26 Å². The summed E-state index contributed by atoms with van der Waals surface area (Å²) in [4.78, 5) is 12.7. The van der Waals surface area contributed by atoms with Gasteiger partial charge in [-0.1, -0.05) is 23.9 Å². The predicted molar refractivity (Wildman–Crippen MR) is 108 cm³/mol. The second-order valence-corrected chi connectivity index (χ2v) is 7.82. The maximum atomic E-state index is 12.7. The fourth-order valence-corrected chi connectivity index (χ4v) is 3.71. The van der Waals surface area contributed by atoms with E-state index in [4.69, 9.17) is 4.42 Å². The van der Waals surface area contributed by atoms with Gasteiger partial charge in [-0.2, -0.15) is 0 Å². The van der Waals surface area contributed by atoms with E-state index in [1.165, 1.54) is 11.8 Å². The van der Waals surface area contributed by atoms with Gasteiger partial charge in [-0.15, -0.1) is 10.2 Å². The van der Waals surface area contributed by atoms with Gasteiger partial charge in [-0.25, -0.2) is 0 Å². The van der Waals surface area contributed by atoms with Gasteiger partial charge in [0.1, 0.15) is 5.76 Å². The molecule has 0 aliphatic carbocycles. The third-order valence-electron chi connectivity index (χ3n) is 4.44. The summed E-state index contributed by atoms with van der Waals surface area (Å²) >= 11 is 1.40. The maximum Gasteiger partial charge on any atom is 0.237 e. The molecule has 0 bridgehead atoms. The Balaban J connectivity index is 1.77. The maximum absolute atomic E-state index is 12.7. The van der Waals surface area contributed by atoms with E-state index >= 15 is 0 Å². The van der Waals surface area contributed by atoms with Gasteiger partial charge in [0.2, 0.25) is 5.91 Å². The minimum Gasteiger partial charge on any atom is -0.469 e. The van der Waals surface area contributed by atoms with Crippen molar-refractivity contribution in [3.8, 4) is 11.4 Å². The van der Waals surface area contributed by atoms with Crippen LogP contribution in [0.15, 0.2) is 40.1 Å². The molecule has 1 aromatic carbocycles. The van der Waals surface area contributed by atoms with Crippen LogP contribution in [0.4, 0.5) is 5.69 Å². The van der Waals surface area contributed by atoms with Gasteiger partial charge in [0.05, 0.1) is 17.1 Å². The molecule has 0 unspecified atom stereocenters. The van der Waals surface area contributed by atoms with Crippen LogP contribution in [-0.4, -0.2) is 25.9 Å². The highest BCUT2D eigenvalue weighted by molar-refractivity contribution is 8.00. The van der Waals surface area contributed by atoms with E-state index in [0.29, 0.717) is 6.54 Å². The van der Waals surface area contributed by atoms with E-state index in [9.17, 15) is 4.79 Å². The van der Waals surface area contributed by atoms with Gasteiger partial charge in [0, 0.05) is 12.2 Å². The number of furan rings is 1. The lowest BCUT2D eigenvalue weighted by molar-refractivity contribution is -0.115. The zero-order valence-electron chi connectivity index (χ0n) is 16.2. The largest absolute Gasteiger partial charge is 0.469 e. The Morgan fingerprint density at radius 3 is 2.70 bits per heavy atom. The van der Waals surface area contributed by atoms with Crippen LogP contribution in [0.1, 0.15) is 30.7 Å². The summed E-state index contributed by atoms with van der Waals surface area (Å²) in [6, 6.07) is 7.91. The Bertz CT molecular complexity index is 961. The SMILES string of the molecule is CCn1c(S[C@H](C)C(=O)Nc2cc(C)ccc2C)nnc1-c1ccoc1C. The first-order valence-electron chi connectivity index (χ1n) is 8.93. The second kappa shape index (κ2) is 8.00. The highest BCUT2D eigenvalue weighted by Crippen LogP contribution is 2.29. The van der Waals surface area contributed by atoms with E-state index < -0.39 is 0 Å². The number of aryl methyl sites for hydroxylation is 3. The van der Waals surface area contributed by atoms with Crippen molar-refractivity contribution >= 4 is 23.4 Å². The van der Waals surface area contributed by atoms with Crippen molar-refractivity contribution in [3.05, 3.63) is 47.4 Å². The van der Waals surface area contributed by atoms with Crippen molar-refractivity contribution in [2.45, 2.75) is 51.6 Å². The number of benzene rings is 1. The van der Waals surface area contributed by atoms with Crippen LogP contribution < -0.4 is 5.32 Å². The lowest BCUT2D eigenvalue weighted by Gasteiger charge is -2.14. The van der Waals surface area contributed by atoms with Crippen molar-refractivity contribution < 1.29 is 9.21 Å². The van der Waals surface area contributed by atoms with Crippen LogP contribution in [0.3, 0.4) is 0 Å². The smallest absolute Gasteiger partial charge is 0.237 e. The number of aromatic nitrogens is 3. The molecule has 27 heavy (non-hydrogen) atoms. The van der Waals surface area contributed by atoms with Crippen LogP contribution >= 0.6 is 11.8 Å². The molecule has 1 N–H and O–H groups in total. The highest BCUT2D eigenvalue weighted by atomic mass is 32.2. The van der Waals surface area contributed by atoms with Crippen LogP contribution in [0.2, 0.25) is 0 Å². The summed E-state index contributed by atoms with van der Waals surface area (Å²) < 4.78 is 7.39. The Morgan fingerprint density at radius 2 is 2.04 bits per heavy atom. The number of hydrogen-bond donors (Lipinski definition) is 1. The molecule has 0 saturated heterocycles. The van der Waals surface area contributed by atoms with Crippen LogP contribution in [0.25, 0.3) is 11.4 Å². The average Bonchev–Trinajstić information content (AvgIpc) is 3.23. The van der Waals surface area contributed by atoms with Gasteiger partial charge in [0.25, 0.3) is 0 Å². The minimum absolute atomic E-state index is 0.0552. The standard InChI is InChI=1S/C20H24N4O2S/c1-6-24-18(16-9-10-26-14(16)4)22-23-20(24)27-15(5)19(25)21-17-11-12(2)7-8-13(17)3/h7-11,15H,6H2,1-5H3,(H,21,25)/t15-/m1/s1. The molecule has 142 valence electrons. The number of carbonyl (C=O) groups is 1. The zero-order chi connectivity index (χ0) is 19.6. The third-order valence-corrected chi connectivity index (χ3v) is 5.52. The first-order valence-corrected chi connectivity index (χ1v) is 9.81. The van der Waals surface area contributed by atoms with Crippen molar-refractivity contribution in [1.82, 2.24) is 14.8 Å². The number of nitrogens with one attached hydrogen (secondary N) is 1. The fourth-order valence-electron chi connectivity index (χ4n) is 2.79. The Labute approximate surface area is 163 Å². The van der Waals surface area contributed by atoms with E-state index in [-0.39, 0.29) is 11.2 Å². The normalized spacial score (nSPS) is 12.2. The lowest BCUT2D eigenvalue weighted by Crippen LogP contribution is -2.23. The van der Waals surface area contributed by atoms with Crippen molar-refractivity contribution in [1.29, 1.82) is 0 Å². The minimum atomic E-state index is -0.308. The molecule has 0 radical (unpaired) electrons. The molecule has 7 heteroatoms. The molecule has 0 fully saturated rings. The predicted octanol–water partition coefficient (Wildman–Crippen LogP) is 4.60. The number of thioether (sulfide) groups is 1. The summed E-state index contributed by atoms with van der Waals surface area (Å²) in [5.74, 6) is 1.50. The summed E-state index contributed by atoms with van der Waals surface area (Å²) in [5.41, 5.74) is 3.92. The number of nitrogens with zero attached hydrogens (tertiary/aromatic N) is 3. The molecule has 2 aromatic heterocycles. The topological polar surface area (TPSA) is 73.0 Å². The van der Waals surface area contributed by atoms with Crippen LogP contribution in [0.5, 0.6) is 0 Å². The van der Waals surface area contributed by atoms with E-state index in [0.717, 1.165) is 39.1 Å². The van der Waals surface area contributed by atoms with Gasteiger partial charge < -0.3 is 14.3 Å². The molecule has 0 spiro atoms. The summed E-state index contributed by atoms with van der Waals surface area (Å²) in [6.07, 6.45) is 1.65. The van der Waals surface area contributed by atoms with E-state index in [1.807, 2.05) is 63.5 Å². The molecule has 6 nitrogen and oxygen atoms in total. The van der Waals surface area contributed by atoms with Crippen molar-refractivity contribution in [2.75, 3.05) is 5.32 Å². The molecular formula is C20H24N4O2S. The molecule has 0 aliphatic rings.